The van der Waals surface area contributed by atoms with Crippen molar-refractivity contribution in [3.63, 3.8) is 0 Å². The molecular weight excluding hydrogens is 374 g/mol. The zero-order valence-corrected chi connectivity index (χ0v) is 15.2. The lowest BCUT2D eigenvalue weighted by molar-refractivity contribution is -0.385. The minimum absolute atomic E-state index is 0.122. The average Bonchev–Trinajstić information content (AvgIpc) is 2.65. The number of carbonyl (C=O) groups is 2. The highest BCUT2D eigenvalue weighted by Crippen LogP contribution is 2.30. The van der Waals surface area contributed by atoms with Crippen LogP contribution < -0.4 is 4.74 Å². The van der Waals surface area contributed by atoms with Crippen molar-refractivity contribution in [2.24, 2.45) is 5.92 Å². The van der Waals surface area contributed by atoms with E-state index in [0.717, 1.165) is 5.56 Å². The number of halogens is 1. The van der Waals surface area contributed by atoms with Crippen LogP contribution in [-0.4, -0.2) is 29.9 Å². The predicted octanol–water partition coefficient (Wildman–Crippen LogP) is 3.53. The maximum absolute atomic E-state index is 12.3. The van der Waals surface area contributed by atoms with Crippen LogP contribution in [0.1, 0.15) is 21.5 Å². The Labute approximate surface area is 160 Å². The molecule has 27 heavy (non-hydrogen) atoms. The topological polar surface area (TPSA) is 95.7 Å². The summed E-state index contributed by atoms with van der Waals surface area (Å²) in [6.07, 6.45) is 0.402. The molecule has 0 saturated carbocycles. The minimum atomic E-state index is -0.560. The molecule has 0 radical (unpaired) electrons. The van der Waals surface area contributed by atoms with Crippen molar-refractivity contribution >= 4 is 29.0 Å². The van der Waals surface area contributed by atoms with Gasteiger partial charge in [0, 0.05) is 22.2 Å². The van der Waals surface area contributed by atoms with Crippen molar-refractivity contribution in [3.8, 4) is 5.75 Å². The van der Waals surface area contributed by atoms with Crippen molar-refractivity contribution in [3.05, 3.63) is 68.2 Å². The summed E-state index contributed by atoms with van der Waals surface area (Å²) >= 11 is 5.96. The average molecular weight is 390 g/mol. The van der Waals surface area contributed by atoms with Crippen LogP contribution in [0.3, 0.4) is 0 Å². The van der Waals surface area contributed by atoms with Gasteiger partial charge in [0.1, 0.15) is 12.4 Å². The predicted molar refractivity (Wildman–Crippen MR) is 97.3 cm³/mol. The Morgan fingerprint density at radius 2 is 2.07 bits per heavy atom. The van der Waals surface area contributed by atoms with Gasteiger partial charge >= 0.3 is 5.97 Å². The van der Waals surface area contributed by atoms with Gasteiger partial charge in [0.15, 0.2) is 6.61 Å². The SMILES string of the molecule is Cc1ccc(C(=O)COC(=O)[C@@H]2COc3ccc(Cl)cc3C2)cc1[N+](=O)[O-]. The summed E-state index contributed by atoms with van der Waals surface area (Å²) in [5, 5.41) is 11.5. The van der Waals surface area contributed by atoms with Gasteiger partial charge in [-0.1, -0.05) is 23.7 Å². The lowest BCUT2D eigenvalue weighted by atomic mass is 9.97. The third-order valence-corrected chi connectivity index (χ3v) is 4.57. The number of esters is 1. The first-order valence-corrected chi connectivity index (χ1v) is 8.59. The Bertz CT molecular complexity index is 926. The van der Waals surface area contributed by atoms with Crippen molar-refractivity contribution < 1.29 is 24.0 Å². The number of nitro benzene ring substituents is 1. The van der Waals surface area contributed by atoms with Crippen LogP contribution in [0.4, 0.5) is 5.69 Å². The Kier molecular flexibility index (Phi) is 5.41. The van der Waals surface area contributed by atoms with Gasteiger partial charge in [0.05, 0.1) is 10.8 Å². The summed E-state index contributed by atoms with van der Waals surface area (Å²) in [5.41, 5.74) is 1.22. The Morgan fingerprint density at radius 3 is 2.81 bits per heavy atom. The van der Waals surface area contributed by atoms with Crippen molar-refractivity contribution in [2.75, 3.05) is 13.2 Å². The Morgan fingerprint density at radius 1 is 1.30 bits per heavy atom. The van der Waals surface area contributed by atoms with Crippen molar-refractivity contribution in [2.45, 2.75) is 13.3 Å². The lowest BCUT2D eigenvalue weighted by Crippen LogP contribution is -2.31. The van der Waals surface area contributed by atoms with E-state index in [4.69, 9.17) is 21.1 Å². The molecule has 0 fully saturated rings. The normalized spacial score (nSPS) is 15.4. The number of aryl methyl sites for hydroxylation is 1. The zero-order valence-electron chi connectivity index (χ0n) is 14.4. The second-order valence-electron chi connectivity index (χ2n) is 6.25. The Balaban J connectivity index is 1.62. The summed E-state index contributed by atoms with van der Waals surface area (Å²) in [4.78, 5) is 34.9. The number of nitro groups is 1. The third kappa shape index (κ3) is 4.25. The highest BCUT2D eigenvalue weighted by molar-refractivity contribution is 6.30. The number of carbonyl (C=O) groups excluding carboxylic acids is 2. The number of ketones is 1. The highest BCUT2D eigenvalue weighted by Gasteiger charge is 2.28. The maximum atomic E-state index is 12.3. The molecule has 0 spiro atoms. The first-order chi connectivity index (χ1) is 12.8. The summed E-state index contributed by atoms with van der Waals surface area (Å²) in [6.45, 7) is 1.25. The summed E-state index contributed by atoms with van der Waals surface area (Å²) < 4.78 is 10.6. The van der Waals surface area contributed by atoms with Crippen LogP contribution in [-0.2, 0) is 16.0 Å². The van der Waals surface area contributed by atoms with Crippen LogP contribution in [0.15, 0.2) is 36.4 Å². The van der Waals surface area contributed by atoms with Crippen LogP contribution >= 0.6 is 11.6 Å². The highest BCUT2D eigenvalue weighted by atomic mass is 35.5. The van der Waals surface area contributed by atoms with Gasteiger partial charge in [-0.25, -0.2) is 0 Å². The van der Waals surface area contributed by atoms with Crippen LogP contribution in [0.2, 0.25) is 5.02 Å². The van der Waals surface area contributed by atoms with Gasteiger partial charge in [-0.05, 0) is 37.1 Å². The molecule has 0 aliphatic carbocycles. The van der Waals surface area contributed by atoms with Crippen molar-refractivity contribution in [1.29, 1.82) is 0 Å². The number of ether oxygens (including phenoxy) is 2. The first-order valence-electron chi connectivity index (χ1n) is 8.21. The molecule has 8 heteroatoms. The summed E-state index contributed by atoms with van der Waals surface area (Å²) in [6, 6.07) is 9.33. The Hall–Kier alpha value is -2.93. The van der Waals surface area contributed by atoms with Gasteiger partial charge < -0.3 is 9.47 Å². The second kappa shape index (κ2) is 7.75. The molecule has 0 amide bonds. The van der Waals surface area contributed by atoms with Crippen LogP contribution in [0, 0.1) is 23.0 Å². The van der Waals surface area contributed by atoms with E-state index >= 15 is 0 Å². The molecule has 3 rings (SSSR count). The van der Waals surface area contributed by atoms with Crippen molar-refractivity contribution in [1.82, 2.24) is 0 Å². The fourth-order valence-electron chi connectivity index (χ4n) is 2.83. The smallest absolute Gasteiger partial charge is 0.313 e. The molecule has 2 aromatic rings. The molecule has 7 nitrogen and oxygen atoms in total. The van der Waals surface area contributed by atoms with Gasteiger partial charge in [0.25, 0.3) is 5.69 Å². The van der Waals surface area contributed by atoms with Gasteiger partial charge in [-0.2, -0.15) is 0 Å². The standard InChI is InChI=1S/C19H16ClNO6/c1-11-2-3-12(8-16(11)21(24)25)17(22)10-27-19(23)14-6-13-7-15(20)4-5-18(13)26-9-14/h2-5,7-8,14H,6,9-10H2,1H3/t14-/m0/s1. The molecule has 1 aliphatic rings. The number of hydrogen-bond acceptors (Lipinski definition) is 6. The van der Waals surface area contributed by atoms with E-state index < -0.39 is 29.2 Å². The molecule has 0 unspecified atom stereocenters. The van der Waals surface area contributed by atoms with Crippen LogP contribution in [0.25, 0.3) is 0 Å². The molecule has 2 aromatic carbocycles. The van der Waals surface area contributed by atoms with E-state index in [-0.39, 0.29) is 17.9 Å². The minimum Gasteiger partial charge on any atom is -0.492 e. The fourth-order valence-corrected chi connectivity index (χ4v) is 3.03. The number of rotatable bonds is 5. The summed E-state index contributed by atoms with van der Waals surface area (Å²) in [7, 11) is 0. The van der Waals surface area contributed by atoms with E-state index in [2.05, 4.69) is 0 Å². The molecule has 0 saturated heterocycles. The van der Waals surface area contributed by atoms with E-state index in [9.17, 15) is 19.7 Å². The van der Waals surface area contributed by atoms with Gasteiger partial charge in [-0.15, -0.1) is 0 Å². The number of Topliss-reactive ketones (excluding diaryl/α,β-unsaturated/α-hetero) is 1. The number of nitrogens with zero attached hydrogens (tertiary/aromatic N) is 1. The van der Waals surface area contributed by atoms with E-state index in [0.29, 0.717) is 22.8 Å². The lowest BCUT2D eigenvalue weighted by Gasteiger charge is -2.24. The van der Waals surface area contributed by atoms with E-state index in [1.807, 2.05) is 0 Å². The fraction of sp³-hybridized carbons (Fsp3) is 0.263. The maximum Gasteiger partial charge on any atom is 0.313 e. The van der Waals surface area contributed by atoms with E-state index in [1.165, 1.54) is 18.2 Å². The molecule has 1 heterocycles. The summed E-state index contributed by atoms with van der Waals surface area (Å²) in [5.74, 6) is -0.940. The van der Waals surface area contributed by atoms with E-state index in [1.54, 1.807) is 25.1 Å². The van der Waals surface area contributed by atoms with Gasteiger partial charge in [0.2, 0.25) is 5.78 Å². The van der Waals surface area contributed by atoms with Gasteiger partial charge in [-0.3, -0.25) is 19.7 Å². The monoisotopic (exact) mass is 389 g/mol. The quantitative estimate of drug-likeness (QED) is 0.336. The molecule has 0 N–H and O–H groups in total. The molecule has 0 bridgehead atoms. The number of fused-ring (bicyclic) bond motifs is 1. The molecule has 1 aliphatic heterocycles. The molecule has 140 valence electrons. The number of benzene rings is 2. The zero-order chi connectivity index (χ0) is 19.6. The largest absolute Gasteiger partial charge is 0.492 e. The molecule has 0 aromatic heterocycles. The third-order valence-electron chi connectivity index (χ3n) is 4.34. The molecule has 1 atom stereocenters. The first kappa shape index (κ1) is 18.8. The van der Waals surface area contributed by atoms with Crippen LogP contribution in [0.5, 0.6) is 5.75 Å². The number of hydrogen-bond donors (Lipinski definition) is 0. The molecular formula is C19H16ClNO6. The second-order valence-corrected chi connectivity index (χ2v) is 6.69.